The highest BCUT2D eigenvalue weighted by atomic mass is 32.2. The number of benzene rings is 2. The predicted octanol–water partition coefficient (Wildman–Crippen LogP) is 2.70. The monoisotopic (exact) mass is 343 g/mol. The number of para-hydroxylation sites is 1. The third-order valence-electron chi connectivity index (χ3n) is 3.39. The first-order valence-corrected chi connectivity index (χ1v) is 8.11. The molecule has 24 heavy (non-hydrogen) atoms. The van der Waals surface area contributed by atoms with Gasteiger partial charge in [-0.1, -0.05) is 36.0 Å². The maximum atomic E-state index is 12.9. The summed E-state index contributed by atoms with van der Waals surface area (Å²) in [6.45, 7) is 0. The topological polar surface area (TPSA) is 74.0 Å². The van der Waals surface area contributed by atoms with Crippen molar-refractivity contribution in [1.82, 2.24) is 5.32 Å². The number of nitrogens with zero attached hydrogens (tertiary/aromatic N) is 2. The molecular formula is C17H14FN3O2S. The Kier molecular flexibility index (Phi) is 4.90. The Balaban J connectivity index is 1.63. The largest absolute Gasteiger partial charge is 0.507 e. The Hall–Kier alpha value is -2.67. The molecular weight excluding hydrogens is 329 g/mol. The number of hydrogen-bond acceptors (Lipinski definition) is 5. The predicted molar refractivity (Wildman–Crippen MR) is 92.8 cm³/mol. The summed E-state index contributed by atoms with van der Waals surface area (Å²) in [5, 5.41) is 20.2. The van der Waals surface area contributed by atoms with E-state index in [1.165, 1.54) is 30.1 Å². The molecule has 1 fully saturated rings. The zero-order chi connectivity index (χ0) is 16.9. The van der Waals surface area contributed by atoms with E-state index in [0.29, 0.717) is 17.2 Å². The molecule has 1 aliphatic heterocycles. The number of rotatable bonds is 4. The van der Waals surface area contributed by atoms with Gasteiger partial charge in [0, 0.05) is 5.56 Å². The molecule has 2 aromatic carbocycles. The second-order valence-electron chi connectivity index (χ2n) is 5.13. The zero-order valence-corrected chi connectivity index (χ0v) is 13.3. The van der Waals surface area contributed by atoms with Crippen molar-refractivity contribution in [3.05, 3.63) is 65.5 Å². The van der Waals surface area contributed by atoms with Crippen molar-refractivity contribution in [2.45, 2.75) is 11.7 Å². The van der Waals surface area contributed by atoms with E-state index in [0.717, 1.165) is 5.56 Å². The first kappa shape index (κ1) is 16.2. The lowest BCUT2D eigenvalue weighted by Gasteiger charge is -2.04. The van der Waals surface area contributed by atoms with E-state index < -0.39 is 0 Å². The first-order chi connectivity index (χ1) is 11.6. The summed E-state index contributed by atoms with van der Waals surface area (Å²) in [4.78, 5) is 12.0. The standard InChI is InChI=1S/C17H14FN3O2S/c18-13-7-5-11(6-8-13)9-15-16(23)20-17(24-15)21-19-10-12-3-1-2-4-14(12)22/h1-8,10,15,22H,9H2,(H,20,21,23)/b19-10-/t15-/m0/s1. The molecule has 122 valence electrons. The minimum atomic E-state index is -0.325. The van der Waals surface area contributed by atoms with Crippen LogP contribution in [0.5, 0.6) is 5.75 Å². The van der Waals surface area contributed by atoms with Gasteiger partial charge in [0.05, 0.1) is 11.5 Å². The second kappa shape index (κ2) is 7.27. The van der Waals surface area contributed by atoms with Crippen LogP contribution < -0.4 is 5.32 Å². The molecule has 3 rings (SSSR count). The number of nitrogens with one attached hydrogen (secondary N) is 1. The van der Waals surface area contributed by atoms with Gasteiger partial charge in [0.1, 0.15) is 11.6 Å². The van der Waals surface area contributed by atoms with Crippen LogP contribution in [-0.4, -0.2) is 27.6 Å². The maximum absolute atomic E-state index is 12.9. The van der Waals surface area contributed by atoms with Crippen molar-refractivity contribution < 1.29 is 14.3 Å². The van der Waals surface area contributed by atoms with E-state index in [9.17, 15) is 14.3 Å². The number of halogens is 1. The minimum Gasteiger partial charge on any atom is -0.507 e. The van der Waals surface area contributed by atoms with Crippen LogP contribution in [0.1, 0.15) is 11.1 Å². The van der Waals surface area contributed by atoms with E-state index in [1.807, 2.05) is 0 Å². The molecule has 7 heteroatoms. The van der Waals surface area contributed by atoms with Crippen LogP contribution in [0.4, 0.5) is 4.39 Å². The normalized spacial score (nSPS) is 19.1. The number of carbonyl (C=O) groups excluding carboxylic acids is 1. The molecule has 5 nitrogen and oxygen atoms in total. The van der Waals surface area contributed by atoms with E-state index in [2.05, 4.69) is 15.5 Å². The van der Waals surface area contributed by atoms with Crippen molar-refractivity contribution in [2.24, 2.45) is 10.2 Å². The molecule has 2 N–H and O–H groups in total. The Morgan fingerprint density at radius 2 is 1.96 bits per heavy atom. The van der Waals surface area contributed by atoms with E-state index in [-0.39, 0.29) is 22.7 Å². The van der Waals surface area contributed by atoms with Crippen molar-refractivity contribution >= 4 is 29.1 Å². The fourth-order valence-electron chi connectivity index (χ4n) is 2.16. The highest BCUT2D eigenvalue weighted by molar-refractivity contribution is 8.15. The summed E-state index contributed by atoms with van der Waals surface area (Å²) in [6, 6.07) is 12.8. The van der Waals surface area contributed by atoms with Crippen LogP contribution in [0.15, 0.2) is 58.7 Å². The Labute approximate surface area is 142 Å². The summed E-state index contributed by atoms with van der Waals surface area (Å²) in [5.41, 5.74) is 1.42. The lowest BCUT2D eigenvalue weighted by atomic mass is 10.1. The van der Waals surface area contributed by atoms with Crippen LogP contribution in [0.2, 0.25) is 0 Å². The Morgan fingerprint density at radius 1 is 1.21 bits per heavy atom. The van der Waals surface area contributed by atoms with Gasteiger partial charge in [-0.2, -0.15) is 5.10 Å². The molecule has 1 heterocycles. The van der Waals surface area contributed by atoms with Gasteiger partial charge in [0.25, 0.3) is 0 Å². The van der Waals surface area contributed by atoms with E-state index >= 15 is 0 Å². The number of amidine groups is 1. The van der Waals surface area contributed by atoms with Gasteiger partial charge >= 0.3 is 0 Å². The van der Waals surface area contributed by atoms with Crippen molar-refractivity contribution in [3.8, 4) is 5.75 Å². The maximum Gasteiger partial charge on any atom is 0.239 e. The number of phenolic OH excluding ortho intramolecular Hbond substituents is 1. The Bertz CT molecular complexity index is 806. The highest BCUT2D eigenvalue weighted by Crippen LogP contribution is 2.23. The van der Waals surface area contributed by atoms with Crippen molar-refractivity contribution in [2.75, 3.05) is 0 Å². The summed E-state index contributed by atoms with van der Waals surface area (Å²) in [5.74, 6) is -0.345. The molecule has 0 unspecified atom stereocenters. The Morgan fingerprint density at radius 3 is 2.71 bits per heavy atom. The lowest BCUT2D eigenvalue weighted by Crippen LogP contribution is -2.25. The SMILES string of the molecule is O=C1NC(=N/N=C\c2ccccc2O)S[C@H]1Cc1ccc(F)cc1. The number of carbonyl (C=O) groups is 1. The van der Waals surface area contributed by atoms with Gasteiger partial charge < -0.3 is 10.4 Å². The third-order valence-corrected chi connectivity index (χ3v) is 4.47. The second-order valence-corrected chi connectivity index (χ2v) is 6.33. The number of amides is 1. The zero-order valence-electron chi connectivity index (χ0n) is 12.5. The smallest absolute Gasteiger partial charge is 0.239 e. The molecule has 0 saturated carbocycles. The molecule has 0 bridgehead atoms. The molecule has 0 aliphatic carbocycles. The minimum absolute atomic E-state index is 0.110. The van der Waals surface area contributed by atoms with Crippen LogP contribution in [0.3, 0.4) is 0 Å². The van der Waals surface area contributed by atoms with Crippen LogP contribution >= 0.6 is 11.8 Å². The average Bonchev–Trinajstić information content (AvgIpc) is 2.91. The summed E-state index contributed by atoms with van der Waals surface area (Å²) in [6.07, 6.45) is 1.90. The van der Waals surface area contributed by atoms with Crippen molar-refractivity contribution in [1.29, 1.82) is 0 Å². The molecule has 0 aromatic heterocycles. The number of thioether (sulfide) groups is 1. The number of phenols is 1. The van der Waals surface area contributed by atoms with E-state index in [4.69, 9.17) is 0 Å². The fourth-order valence-corrected chi connectivity index (χ4v) is 3.13. The molecule has 0 spiro atoms. The fraction of sp³-hybridized carbons (Fsp3) is 0.118. The summed E-state index contributed by atoms with van der Waals surface area (Å²) < 4.78 is 12.9. The number of hydrogen-bond donors (Lipinski definition) is 2. The summed E-state index contributed by atoms with van der Waals surface area (Å²) >= 11 is 1.28. The van der Waals surface area contributed by atoms with Gasteiger partial charge in [-0.15, -0.1) is 5.10 Å². The highest BCUT2D eigenvalue weighted by Gasteiger charge is 2.30. The lowest BCUT2D eigenvalue weighted by molar-refractivity contribution is -0.118. The molecule has 0 radical (unpaired) electrons. The van der Waals surface area contributed by atoms with Crippen molar-refractivity contribution in [3.63, 3.8) is 0 Å². The van der Waals surface area contributed by atoms with Crippen LogP contribution in [0.25, 0.3) is 0 Å². The van der Waals surface area contributed by atoms with Gasteiger partial charge in [-0.05, 0) is 36.2 Å². The molecule has 1 aliphatic rings. The summed E-state index contributed by atoms with van der Waals surface area (Å²) in [7, 11) is 0. The molecule has 2 aromatic rings. The quantitative estimate of drug-likeness (QED) is 0.662. The average molecular weight is 343 g/mol. The van der Waals surface area contributed by atoms with Gasteiger partial charge in [0.2, 0.25) is 5.91 Å². The third kappa shape index (κ3) is 3.99. The van der Waals surface area contributed by atoms with Gasteiger partial charge in [-0.25, -0.2) is 4.39 Å². The molecule has 1 amide bonds. The van der Waals surface area contributed by atoms with Crippen LogP contribution in [-0.2, 0) is 11.2 Å². The van der Waals surface area contributed by atoms with Gasteiger partial charge in [0.15, 0.2) is 5.17 Å². The molecule has 1 atom stereocenters. The van der Waals surface area contributed by atoms with Gasteiger partial charge in [-0.3, -0.25) is 4.79 Å². The number of aromatic hydroxyl groups is 1. The first-order valence-electron chi connectivity index (χ1n) is 7.23. The van der Waals surface area contributed by atoms with E-state index in [1.54, 1.807) is 36.4 Å². The van der Waals surface area contributed by atoms with Crippen LogP contribution in [0, 0.1) is 5.82 Å². The molecule has 1 saturated heterocycles.